The number of benzene rings is 2. The molecule has 1 atom stereocenters. The molecule has 1 unspecified atom stereocenters. The average molecular weight is 434 g/mol. The van der Waals surface area contributed by atoms with Gasteiger partial charge in [-0.15, -0.1) is 0 Å². The third-order valence-electron chi connectivity index (χ3n) is 5.42. The van der Waals surface area contributed by atoms with Gasteiger partial charge in [0.15, 0.2) is 0 Å². The Hall–Kier alpha value is -1.75. The van der Waals surface area contributed by atoms with Crippen LogP contribution in [0.3, 0.4) is 0 Å². The van der Waals surface area contributed by atoms with Gasteiger partial charge in [0.1, 0.15) is 0 Å². The first kappa shape index (κ1) is 21.9. The van der Waals surface area contributed by atoms with Crippen LogP contribution in [0.15, 0.2) is 42.5 Å². The van der Waals surface area contributed by atoms with E-state index in [0.29, 0.717) is 22.3 Å². The van der Waals surface area contributed by atoms with E-state index in [-0.39, 0.29) is 11.9 Å². The highest BCUT2D eigenvalue weighted by Gasteiger charge is 2.17. The summed E-state index contributed by atoms with van der Waals surface area (Å²) in [6.07, 6.45) is 4.94. The van der Waals surface area contributed by atoms with E-state index in [4.69, 9.17) is 23.2 Å². The third kappa shape index (κ3) is 7.22. The number of nitrogens with zero attached hydrogens (tertiary/aromatic N) is 1. The minimum Gasteiger partial charge on any atom is -0.337 e. The van der Waals surface area contributed by atoms with Crippen LogP contribution in [-0.4, -0.2) is 37.1 Å². The van der Waals surface area contributed by atoms with Gasteiger partial charge >= 0.3 is 6.03 Å². The summed E-state index contributed by atoms with van der Waals surface area (Å²) in [5, 5.41) is 6.82. The largest absolute Gasteiger partial charge is 0.337 e. The molecule has 0 aromatic heterocycles. The lowest BCUT2D eigenvalue weighted by Crippen LogP contribution is -2.35. The van der Waals surface area contributed by atoms with Crippen LogP contribution in [0.5, 0.6) is 0 Å². The summed E-state index contributed by atoms with van der Waals surface area (Å²) in [6.45, 7) is 6.10. The molecule has 0 bridgehead atoms. The summed E-state index contributed by atoms with van der Waals surface area (Å²) in [4.78, 5) is 15.0. The van der Waals surface area contributed by atoms with Gasteiger partial charge in [0, 0.05) is 28.2 Å². The summed E-state index contributed by atoms with van der Waals surface area (Å²) >= 11 is 12.0. The van der Waals surface area contributed by atoms with Crippen LogP contribution in [0.2, 0.25) is 10.0 Å². The Bertz CT molecular complexity index is 784. The molecule has 0 saturated carbocycles. The normalized spacial score (nSPS) is 15.7. The molecule has 2 amide bonds. The molecule has 0 radical (unpaired) electrons. The van der Waals surface area contributed by atoms with E-state index in [2.05, 4.69) is 46.7 Å². The van der Waals surface area contributed by atoms with Gasteiger partial charge in [0.05, 0.1) is 0 Å². The highest BCUT2D eigenvalue weighted by atomic mass is 35.5. The second-order valence-electron chi connectivity index (χ2n) is 7.79. The molecule has 1 fully saturated rings. The predicted octanol–water partition coefficient (Wildman–Crippen LogP) is 6.08. The van der Waals surface area contributed by atoms with Crippen molar-refractivity contribution >= 4 is 34.9 Å². The number of aryl methyl sites for hydroxylation is 1. The van der Waals surface area contributed by atoms with E-state index in [1.54, 1.807) is 18.2 Å². The lowest BCUT2D eigenvalue weighted by molar-refractivity contribution is 0.219. The Balaban J connectivity index is 1.59. The van der Waals surface area contributed by atoms with Crippen molar-refractivity contribution in [3.05, 3.63) is 63.6 Å². The van der Waals surface area contributed by atoms with Crippen molar-refractivity contribution in [3.8, 4) is 0 Å². The van der Waals surface area contributed by atoms with Gasteiger partial charge in [0.25, 0.3) is 0 Å². The number of rotatable bonds is 7. The van der Waals surface area contributed by atoms with E-state index in [0.717, 1.165) is 13.0 Å². The molecule has 4 nitrogen and oxygen atoms in total. The van der Waals surface area contributed by atoms with Crippen LogP contribution in [0.25, 0.3) is 0 Å². The summed E-state index contributed by atoms with van der Waals surface area (Å²) in [5.74, 6) is 0.270. The zero-order valence-electron chi connectivity index (χ0n) is 16.9. The highest BCUT2D eigenvalue weighted by molar-refractivity contribution is 6.35. The maximum atomic E-state index is 12.4. The molecule has 3 rings (SSSR count). The Morgan fingerprint density at radius 2 is 1.69 bits per heavy atom. The van der Waals surface area contributed by atoms with Gasteiger partial charge in [0.2, 0.25) is 0 Å². The van der Waals surface area contributed by atoms with Crippen molar-refractivity contribution in [1.82, 2.24) is 10.2 Å². The zero-order chi connectivity index (χ0) is 20.6. The minimum absolute atomic E-state index is 0.251. The fraction of sp³-hybridized carbons (Fsp3) is 0.435. The SMILES string of the molecule is Cc1ccc(C(CCN2CCCCC2)CNC(=O)Nc2cc(Cl)cc(Cl)c2)cc1. The topological polar surface area (TPSA) is 44.4 Å². The fourth-order valence-corrected chi connectivity index (χ4v) is 4.29. The van der Waals surface area contributed by atoms with Crippen LogP contribution >= 0.6 is 23.2 Å². The zero-order valence-corrected chi connectivity index (χ0v) is 18.4. The number of likely N-dealkylation sites (tertiary alicyclic amines) is 1. The van der Waals surface area contributed by atoms with Gasteiger partial charge < -0.3 is 15.5 Å². The molecule has 1 saturated heterocycles. The van der Waals surface area contributed by atoms with Gasteiger partial charge in [-0.3, -0.25) is 0 Å². The first-order valence-electron chi connectivity index (χ1n) is 10.3. The van der Waals surface area contributed by atoms with Crippen LogP contribution < -0.4 is 10.6 Å². The first-order chi connectivity index (χ1) is 14.0. The number of carbonyl (C=O) groups excluding carboxylic acids is 1. The van der Waals surface area contributed by atoms with E-state index in [9.17, 15) is 4.79 Å². The number of anilines is 1. The predicted molar refractivity (Wildman–Crippen MR) is 122 cm³/mol. The molecule has 0 spiro atoms. The Kier molecular flexibility index (Phi) is 8.22. The standard InChI is InChI=1S/C23H29Cl2N3O/c1-17-5-7-18(8-6-17)19(9-12-28-10-3-2-4-11-28)16-26-23(29)27-22-14-20(24)13-21(25)15-22/h5-8,13-15,19H,2-4,9-12,16H2,1H3,(H2,26,27,29). The monoisotopic (exact) mass is 433 g/mol. The Morgan fingerprint density at radius 3 is 2.34 bits per heavy atom. The van der Waals surface area contributed by atoms with E-state index < -0.39 is 0 Å². The van der Waals surface area contributed by atoms with Crippen molar-refractivity contribution in [1.29, 1.82) is 0 Å². The second kappa shape index (κ2) is 10.9. The molecule has 1 heterocycles. The van der Waals surface area contributed by atoms with Crippen LogP contribution in [-0.2, 0) is 0 Å². The molecule has 1 aliphatic heterocycles. The summed E-state index contributed by atoms with van der Waals surface area (Å²) in [7, 11) is 0. The summed E-state index contributed by atoms with van der Waals surface area (Å²) in [5.41, 5.74) is 3.09. The summed E-state index contributed by atoms with van der Waals surface area (Å²) in [6, 6.07) is 13.4. The van der Waals surface area contributed by atoms with Gasteiger partial charge in [-0.05, 0) is 69.6 Å². The molecule has 2 N–H and O–H groups in total. The quantitative estimate of drug-likeness (QED) is 0.555. The Morgan fingerprint density at radius 1 is 1.03 bits per heavy atom. The lowest BCUT2D eigenvalue weighted by atomic mass is 9.94. The number of amides is 2. The van der Waals surface area contributed by atoms with Crippen molar-refractivity contribution in [3.63, 3.8) is 0 Å². The first-order valence-corrected chi connectivity index (χ1v) is 11.0. The molecule has 6 heteroatoms. The lowest BCUT2D eigenvalue weighted by Gasteiger charge is -2.28. The maximum absolute atomic E-state index is 12.4. The Labute approximate surface area is 183 Å². The average Bonchev–Trinajstić information content (AvgIpc) is 2.69. The highest BCUT2D eigenvalue weighted by Crippen LogP contribution is 2.23. The van der Waals surface area contributed by atoms with Crippen LogP contribution in [0.4, 0.5) is 10.5 Å². The molecule has 0 aliphatic carbocycles. The minimum atomic E-state index is -0.251. The van der Waals surface area contributed by atoms with Crippen molar-refractivity contribution in [2.24, 2.45) is 0 Å². The number of hydrogen-bond acceptors (Lipinski definition) is 2. The van der Waals surface area contributed by atoms with Crippen molar-refractivity contribution in [2.75, 3.05) is 31.5 Å². The smallest absolute Gasteiger partial charge is 0.319 e. The van der Waals surface area contributed by atoms with Gasteiger partial charge in [-0.1, -0.05) is 59.5 Å². The van der Waals surface area contributed by atoms with Crippen molar-refractivity contribution < 1.29 is 4.79 Å². The molecule has 156 valence electrons. The number of halogens is 2. The molecule has 2 aromatic rings. The van der Waals surface area contributed by atoms with Gasteiger partial charge in [-0.25, -0.2) is 4.79 Å². The molecule has 29 heavy (non-hydrogen) atoms. The van der Waals surface area contributed by atoms with E-state index in [1.807, 2.05) is 0 Å². The number of urea groups is 1. The molecule has 2 aromatic carbocycles. The second-order valence-corrected chi connectivity index (χ2v) is 8.66. The van der Waals surface area contributed by atoms with Crippen molar-refractivity contribution in [2.45, 2.75) is 38.5 Å². The number of piperidine rings is 1. The molecular weight excluding hydrogens is 405 g/mol. The molecule has 1 aliphatic rings. The van der Waals surface area contributed by atoms with E-state index in [1.165, 1.54) is 43.5 Å². The van der Waals surface area contributed by atoms with Crippen LogP contribution in [0, 0.1) is 6.92 Å². The van der Waals surface area contributed by atoms with Crippen LogP contribution in [0.1, 0.15) is 42.7 Å². The van der Waals surface area contributed by atoms with E-state index >= 15 is 0 Å². The number of nitrogens with one attached hydrogen (secondary N) is 2. The van der Waals surface area contributed by atoms with Gasteiger partial charge in [-0.2, -0.15) is 0 Å². The molecular formula is C23H29Cl2N3O. The summed E-state index contributed by atoms with van der Waals surface area (Å²) < 4.78 is 0. The number of carbonyl (C=O) groups is 1. The number of hydrogen-bond donors (Lipinski definition) is 2. The maximum Gasteiger partial charge on any atom is 0.319 e. The fourth-order valence-electron chi connectivity index (χ4n) is 3.76. The third-order valence-corrected chi connectivity index (χ3v) is 5.86.